The van der Waals surface area contributed by atoms with E-state index in [0.717, 1.165) is 5.56 Å². The average Bonchev–Trinajstić information content (AvgIpc) is 2.64. The lowest BCUT2D eigenvalue weighted by atomic mass is 10.1. The molecule has 1 aromatic heterocycles. The molecule has 0 saturated carbocycles. The van der Waals surface area contributed by atoms with Crippen LogP contribution in [0.1, 0.15) is 21.6 Å². The highest BCUT2D eigenvalue weighted by Gasteiger charge is 2.10. The molecule has 1 amide bonds. The number of rotatable bonds is 4. The minimum absolute atomic E-state index is 0.327. The molecule has 4 nitrogen and oxygen atoms in total. The molecule has 0 radical (unpaired) electrons. The van der Waals surface area contributed by atoms with Crippen LogP contribution >= 0.6 is 0 Å². The molecule has 5 heteroatoms. The molecule has 0 spiro atoms. The first-order chi connectivity index (χ1) is 11.7. The summed E-state index contributed by atoms with van der Waals surface area (Å²) < 4.78 is 12.9. The maximum atomic E-state index is 12.9. The molecule has 118 valence electrons. The lowest BCUT2D eigenvalue weighted by molar-refractivity contribution is 0.0955. The molecule has 0 aliphatic heterocycles. The van der Waals surface area contributed by atoms with Gasteiger partial charge < -0.3 is 0 Å². The van der Waals surface area contributed by atoms with Crippen molar-refractivity contribution in [2.45, 2.75) is 0 Å². The van der Waals surface area contributed by atoms with E-state index in [0.29, 0.717) is 17.0 Å². The van der Waals surface area contributed by atoms with Crippen molar-refractivity contribution in [3.63, 3.8) is 0 Å². The van der Waals surface area contributed by atoms with Crippen LogP contribution in [0.4, 0.5) is 4.39 Å². The van der Waals surface area contributed by atoms with Crippen molar-refractivity contribution in [3.05, 3.63) is 102 Å². The smallest absolute Gasteiger partial charge is 0.267 e. The Morgan fingerprint density at radius 3 is 2.25 bits per heavy atom. The zero-order valence-electron chi connectivity index (χ0n) is 12.7. The fourth-order valence-electron chi connectivity index (χ4n) is 2.14. The van der Waals surface area contributed by atoms with Crippen molar-refractivity contribution >= 4 is 11.6 Å². The fraction of sp³-hybridized carbons (Fsp3) is 0. The molecular formula is C19H14FN3O. The van der Waals surface area contributed by atoms with Gasteiger partial charge in [0.25, 0.3) is 5.91 Å². The van der Waals surface area contributed by atoms with Gasteiger partial charge in [0.1, 0.15) is 11.5 Å². The molecule has 1 N–H and O–H groups in total. The third-order valence-corrected chi connectivity index (χ3v) is 3.33. The highest BCUT2D eigenvalue weighted by Crippen LogP contribution is 2.09. The Morgan fingerprint density at radius 1 is 0.875 bits per heavy atom. The minimum atomic E-state index is -0.417. The van der Waals surface area contributed by atoms with E-state index >= 15 is 0 Å². The summed E-state index contributed by atoms with van der Waals surface area (Å²) >= 11 is 0. The summed E-state index contributed by atoms with van der Waals surface area (Å²) in [7, 11) is 0. The second-order valence-corrected chi connectivity index (χ2v) is 4.99. The first kappa shape index (κ1) is 15.6. The number of benzene rings is 2. The summed E-state index contributed by atoms with van der Waals surface area (Å²) in [4.78, 5) is 16.4. The van der Waals surface area contributed by atoms with Crippen molar-refractivity contribution in [1.82, 2.24) is 10.4 Å². The van der Waals surface area contributed by atoms with E-state index in [1.54, 1.807) is 6.20 Å². The first-order valence-corrected chi connectivity index (χ1v) is 7.34. The summed E-state index contributed by atoms with van der Waals surface area (Å²) in [5, 5.41) is 4.22. The van der Waals surface area contributed by atoms with Gasteiger partial charge in [-0.25, -0.2) is 9.82 Å². The zero-order chi connectivity index (χ0) is 16.8. The van der Waals surface area contributed by atoms with Crippen LogP contribution in [-0.4, -0.2) is 16.6 Å². The molecule has 0 atom stereocenters. The first-order valence-electron chi connectivity index (χ1n) is 7.34. The Bertz CT molecular complexity index is 805. The van der Waals surface area contributed by atoms with Crippen LogP contribution in [0.25, 0.3) is 0 Å². The largest absolute Gasteiger partial charge is 0.271 e. The van der Waals surface area contributed by atoms with Gasteiger partial charge in [-0.1, -0.05) is 36.4 Å². The molecule has 0 bridgehead atoms. The van der Waals surface area contributed by atoms with Crippen LogP contribution < -0.4 is 5.43 Å². The quantitative estimate of drug-likeness (QED) is 0.592. The highest BCUT2D eigenvalue weighted by atomic mass is 19.1. The van der Waals surface area contributed by atoms with Crippen molar-refractivity contribution in [3.8, 4) is 0 Å². The van der Waals surface area contributed by atoms with E-state index in [2.05, 4.69) is 15.5 Å². The van der Waals surface area contributed by atoms with Gasteiger partial charge in [0.2, 0.25) is 0 Å². The molecule has 1 heterocycles. The standard InChI is InChI=1S/C19H14FN3O/c20-16-11-9-15(10-12-16)19(24)23-22-18(14-6-2-1-3-7-14)17-8-4-5-13-21-17/h1-13H,(H,23,24). The maximum Gasteiger partial charge on any atom is 0.271 e. The summed E-state index contributed by atoms with van der Waals surface area (Å²) in [6, 6.07) is 20.2. The Labute approximate surface area is 138 Å². The van der Waals surface area contributed by atoms with Crippen molar-refractivity contribution in [2.24, 2.45) is 5.10 Å². The number of amides is 1. The van der Waals surface area contributed by atoms with E-state index in [1.165, 1.54) is 24.3 Å². The SMILES string of the molecule is O=C(NN=C(c1ccccc1)c1ccccn1)c1ccc(F)cc1. The maximum absolute atomic E-state index is 12.9. The van der Waals surface area contributed by atoms with E-state index in [9.17, 15) is 9.18 Å². The van der Waals surface area contributed by atoms with Gasteiger partial charge in [-0.2, -0.15) is 5.10 Å². The molecule has 2 aromatic carbocycles. The third kappa shape index (κ3) is 3.70. The van der Waals surface area contributed by atoms with Gasteiger partial charge in [0, 0.05) is 17.3 Å². The zero-order valence-corrected chi connectivity index (χ0v) is 12.7. The monoisotopic (exact) mass is 319 g/mol. The predicted molar refractivity (Wildman–Crippen MR) is 90.2 cm³/mol. The molecule has 0 aliphatic carbocycles. The third-order valence-electron chi connectivity index (χ3n) is 3.33. The Kier molecular flexibility index (Phi) is 4.72. The summed E-state index contributed by atoms with van der Waals surface area (Å²) in [6.45, 7) is 0. The number of hydrazone groups is 1. The van der Waals surface area contributed by atoms with Gasteiger partial charge in [-0.05, 0) is 36.4 Å². The van der Waals surface area contributed by atoms with Crippen LogP contribution in [0.15, 0.2) is 84.1 Å². The van der Waals surface area contributed by atoms with E-state index < -0.39 is 11.7 Å². The van der Waals surface area contributed by atoms with E-state index in [-0.39, 0.29) is 0 Å². The van der Waals surface area contributed by atoms with Gasteiger partial charge in [-0.3, -0.25) is 9.78 Å². The Morgan fingerprint density at radius 2 is 1.58 bits per heavy atom. The van der Waals surface area contributed by atoms with Crippen molar-refractivity contribution < 1.29 is 9.18 Å². The van der Waals surface area contributed by atoms with Crippen molar-refractivity contribution in [2.75, 3.05) is 0 Å². The fourth-order valence-corrected chi connectivity index (χ4v) is 2.14. The number of hydrogen-bond acceptors (Lipinski definition) is 3. The normalized spacial score (nSPS) is 11.1. The second kappa shape index (κ2) is 7.28. The van der Waals surface area contributed by atoms with Gasteiger partial charge in [0.05, 0.1) is 5.69 Å². The van der Waals surface area contributed by atoms with Crippen LogP contribution in [-0.2, 0) is 0 Å². The lowest BCUT2D eigenvalue weighted by Gasteiger charge is -2.07. The molecule has 0 unspecified atom stereocenters. The molecular weight excluding hydrogens is 305 g/mol. The number of halogens is 1. The van der Waals surface area contributed by atoms with E-state index in [4.69, 9.17) is 0 Å². The molecule has 0 saturated heterocycles. The average molecular weight is 319 g/mol. The van der Waals surface area contributed by atoms with Crippen LogP contribution in [0, 0.1) is 5.82 Å². The van der Waals surface area contributed by atoms with E-state index in [1.807, 2.05) is 48.5 Å². The Balaban J connectivity index is 1.90. The number of hydrogen-bond donors (Lipinski definition) is 1. The number of carbonyl (C=O) groups excluding carboxylic acids is 1. The Hall–Kier alpha value is -3.34. The molecule has 0 fully saturated rings. The lowest BCUT2D eigenvalue weighted by Crippen LogP contribution is -2.21. The number of carbonyl (C=O) groups is 1. The topological polar surface area (TPSA) is 54.4 Å². The molecule has 3 aromatic rings. The van der Waals surface area contributed by atoms with Gasteiger partial charge >= 0.3 is 0 Å². The minimum Gasteiger partial charge on any atom is -0.267 e. The highest BCUT2D eigenvalue weighted by molar-refractivity contribution is 6.12. The van der Waals surface area contributed by atoms with Gasteiger partial charge in [0.15, 0.2) is 0 Å². The van der Waals surface area contributed by atoms with Crippen LogP contribution in [0.5, 0.6) is 0 Å². The molecule has 0 aliphatic rings. The van der Waals surface area contributed by atoms with Gasteiger partial charge in [-0.15, -0.1) is 0 Å². The second-order valence-electron chi connectivity index (χ2n) is 4.99. The molecule has 3 rings (SSSR count). The summed E-state index contributed by atoms with van der Waals surface area (Å²) in [5.74, 6) is -0.812. The van der Waals surface area contributed by atoms with Crippen LogP contribution in [0.3, 0.4) is 0 Å². The van der Waals surface area contributed by atoms with Crippen molar-refractivity contribution in [1.29, 1.82) is 0 Å². The predicted octanol–water partition coefficient (Wildman–Crippen LogP) is 3.40. The van der Waals surface area contributed by atoms with Crippen LogP contribution in [0.2, 0.25) is 0 Å². The molecule has 24 heavy (non-hydrogen) atoms. The number of aromatic nitrogens is 1. The number of nitrogens with one attached hydrogen (secondary N) is 1. The summed E-state index contributed by atoms with van der Waals surface area (Å²) in [5.41, 5.74) is 4.85. The number of nitrogens with zero attached hydrogens (tertiary/aromatic N) is 2. The number of pyridine rings is 1. The summed E-state index contributed by atoms with van der Waals surface area (Å²) in [6.07, 6.45) is 1.66.